The molecule has 2 heterocycles. The van der Waals surface area contributed by atoms with Crippen LogP contribution >= 0.6 is 0 Å². The Morgan fingerprint density at radius 1 is 0.652 bits per heavy atom. The van der Waals surface area contributed by atoms with Crippen LogP contribution in [-0.4, -0.2) is 115 Å². The molecule has 2 rings (SSSR count). The quantitative estimate of drug-likeness (QED) is 0.243. The van der Waals surface area contributed by atoms with E-state index in [1.165, 1.54) is 0 Å². The van der Waals surface area contributed by atoms with Crippen molar-refractivity contribution in [1.82, 2.24) is 0 Å². The molecule has 0 saturated carbocycles. The summed E-state index contributed by atoms with van der Waals surface area (Å²) in [4.78, 5) is 0. The van der Waals surface area contributed by atoms with Crippen molar-refractivity contribution in [2.24, 2.45) is 0 Å². The molecule has 0 amide bonds. The van der Waals surface area contributed by atoms with Crippen LogP contribution in [0, 0.1) is 0 Å². The van der Waals surface area contributed by atoms with E-state index in [2.05, 4.69) is 0 Å². The van der Waals surface area contributed by atoms with Crippen molar-refractivity contribution in [2.75, 3.05) is 13.2 Å². The van der Waals surface area contributed by atoms with E-state index < -0.39 is 74.6 Å². The molecule has 11 heteroatoms. The lowest BCUT2D eigenvalue weighted by Gasteiger charge is -2.45. The number of hydrogen-bond acceptors (Lipinski definition) is 11. The van der Waals surface area contributed by atoms with E-state index in [0.717, 1.165) is 0 Å². The minimum Gasteiger partial charge on any atom is -0.394 e. The second-order valence-corrected chi connectivity index (χ2v) is 5.53. The molecular weight excluding hydrogens is 320 g/mol. The van der Waals surface area contributed by atoms with Crippen molar-refractivity contribution in [1.29, 1.82) is 0 Å². The monoisotopic (exact) mass is 342 g/mol. The van der Waals surface area contributed by atoms with Gasteiger partial charge in [0.05, 0.1) is 13.2 Å². The van der Waals surface area contributed by atoms with E-state index >= 15 is 0 Å². The maximum atomic E-state index is 9.94. The SMILES string of the molecule is OCC1O[C@H](O)C(O)[C@H](O)[C@@H]1O[C@@H]1OC(CO)[C@H](O)[C@@H](O)C1O. The summed E-state index contributed by atoms with van der Waals surface area (Å²) >= 11 is 0. The second kappa shape index (κ2) is 7.63. The van der Waals surface area contributed by atoms with Gasteiger partial charge in [0, 0.05) is 0 Å². The van der Waals surface area contributed by atoms with Crippen LogP contribution in [0.5, 0.6) is 0 Å². The van der Waals surface area contributed by atoms with Gasteiger partial charge in [0.2, 0.25) is 0 Å². The van der Waals surface area contributed by atoms with E-state index in [4.69, 9.17) is 19.3 Å². The molecule has 2 aliphatic heterocycles. The molecule has 11 nitrogen and oxygen atoms in total. The number of aliphatic hydroxyl groups excluding tert-OH is 8. The highest BCUT2D eigenvalue weighted by Crippen LogP contribution is 2.28. The zero-order valence-corrected chi connectivity index (χ0v) is 12.0. The zero-order chi connectivity index (χ0) is 17.3. The molecule has 10 atom stereocenters. The Labute approximate surface area is 130 Å². The first-order valence-electron chi connectivity index (χ1n) is 7.08. The molecule has 0 aromatic carbocycles. The third-order valence-corrected chi connectivity index (χ3v) is 3.98. The van der Waals surface area contributed by atoms with Crippen molar-refractivity contribution >= 4 is 0 Å². The first-order chi connectivity index (χ1) is 10.8. The highest BCUT2D eigenvalue weighted by molar-refractivity contribution is 4.93. The highest BCUT2D eigenvalue weighted by Gasteiger charge is 2.50. The van der Waals surface area contributed by atoms with Crippen molar-refractivity contribution in [3.8, 4) is 0 Å². The molecule has 2 saturated heterocycles. The van der Waals surface area contributed by atoms with Gasteiger partial charge in [-0.15, -0.1) is 0 Å². The average Bonchev–Trinajstić information content (AvgIpc) is 2.55. The molecule has 23 heavy (non-hydrogen) atoms. The summed E-state index contributed by atoms with van der Waals surface area (Å²) in [5.41, 5.74) is 0. The Balaban J connectivity index is 2.11. The lowest BCUT2D eigenvalue weighted by atomic mass is 9.97. The Kier molecular flexibility index (Phi) is 6.27. The molecule has 8 N–H and O–H groups in total. The van der Waals surface area contributed by atoms with E-state index in [-0.39, 0.29) is 0 Å². The Morgan fingerprint density at radius 3 is 1.83 bits per heavy atom. The fraction of sp³-hybridized carbons (Fsp3) is 1.00. The Morgan fingerprint density at radius 2 is 1.26 bits per heavy atom. The largest absolute Gasteiger partial charge is 0.394 e. The maximum absolute atomic E-state index is 9.94. The van der Waals surface area contributed by atoms with E-state index in [0.29, 0.717) is 0 Å². The lowest BCUT2D eigenvalue weighted by Crippen LogP contribution is -2.64. The topological polar surface area (TPSA) is 190 Å². The first-order valence-corrected chi connectivity index (χ1v) is 7.08. The second-order valence-electron chi connectivity index (χ2n) is 5.53. The van der Waals surface area contributed by atoms with E-state index in [9.17, 15) is 35.7 Å². The average molecular weight is 342 g/mol. The number of aliphatic hydroxyl groups is 8. The minimum atomic E-state index is -1.74. The summed E-state index contributed by atoms with van der Waals surface area (Å²) in [6.45, 7) is -1.35. The molecule has 2 aliphatic rings. The summed E-state index contributed by atoms with van der Waals surface area (Å²) in [5.74, 6) is 0. The van der Waals surface area contributed by atoms with Gasteiger partial charge in [0.25, 0.3) is 0 Å². The molecule has 0 aromatic rings. The molecule has 0 aromatic heterocycles. The van der Waals surface area contributed by atoms with Gasteiger partial charge < -0.3 is 55.1 Å². The molecule has 0 radical (unpaired) electrons. The van der Waals surface area contributed by atoms with Crippen molar-refractivity contribution < 1.29 is 55.1 Å². The first kappa shape index (κ1) is 18.9. The van der Waals surface area contributed by atoms with Crippen molar-refractivity contribution in [2.45, 2.75) is 61.4 Å². The Bertz CT molecular complexity index is 378. The fourth-order valence-corrected chi connectivity index (χ4v) is 2.57. The summed E-state index contributed by atoms with van der Waals surface area (Å²) in [5, 5.41) is 76.5. The van der Waals surface area contributed by atoms with Crippen molar-refractivity contribution in [3.05, 3.63) is 0 Å². The summed E-state index contributed by atoms with van der Waals surface area (Å²) in [6, 6.07) is 0. The van der Waals surface area contributed by atoms with Crippen molar-refractivity contribution in [3.63, 3.8) is 0 Å². The number of hydrogen-bond donors (Lipinski definition) is 8. The number of rotatable bonds is 4. The Hall–Kier alpha value is -0.440. The van der Waals surface area contributed by atoms with Crippen LogP contribution in [-0.2, 0) is 14.2 Å². The van der Waals surface area contributed by atoms with Gasteiger partial charge >= 0.3 is 0 Å². The summed E-state index contributed by atoms with van der Waals surface area (Å²) in [7, 11) is 0. The van der Waals surface area contributed by atoms with Crippen LogP contribution in [0.15, 0.2) is 0 Å². The third kappa shape index (κ3) is 3.65. The van der Waals surface area contributed by atoms with Gasteiger partial charge in [-0.3, -0.25) is 0 Å². The third-order valence-electron chi connectivity index (χ3n) is 3.98. The predicted octanol–water partition coefficient (Wildman–Crippen LogP) is -5.40. The van der Waals surface area contributed by atoms with Gasteiger partial charge in [-0.25, -0.2) is 0 Å². The molecule has 4 unspecified atom stereocenters. The summed E-state index contributed by atoms with van der Waals surface area (Å²) < 4.78 is 15.3. The minimum absolute atomic E-state index is 0.667. The normalized spacial score (nSPS) is 51.7. The molecule has 136 valence electrons. The summed E-state index contributed by atoms with van der Waals surface area (Å²) in [6.07, 6.45) is -15.6. The highest BCUT2D eigenvalue weighted by atomic mass is 16.7. The molecule has 0 bridgehead atoms. The van der Waals surface area contributed by atoms with Crippen LogP contribution < -0.4 is 0 Å². The van der Waals surface area contributed by atoms with Crippen LogP contribution in [0.4, 0.5) is 0 Å². The van der Waals surface area contributed by atoms with Crippen LogP contribution in [0.1, 0.15) is 0 Å². The maximum Gasteiger partial charge on any atom is 0.187 e. The van der Waals surface area contributed by atoms with Gasteiger partial charge in [0.15, 0.2) is 12.6 Å². The predicted molar refractivity (Wildman–Crippen MR) is 68.6 cm³/mol. The molecule has 2 fully saturated rings. The number of ether oxygens (including phenoxy) is 3. The molecule has 0 spiro atoms. The van der Waals surface area contributed by atoms with Crippen LogP contribution in [0.25, 0.3) is 0 Å². The van der Waals surface area contributed by atoms with E-state index in [1.54, 1.807) is 0 Å². The standard InChI is InChI=1S/C12H22O11/c13-1-3-5(15)6(16)9(19)12(22-3)23-10-4(2-14)21-11(20)8(18)7(10)17/h3-20H,1-2H2/t3?,4?,5-,6+,7-,8?,9?,10+,11-,12-/m0/s1. The lowest BCUT2D eigenvalue weighted by molar-refractivity contribution is -0.355. The van der Waals surface area contributed by atoms with E-state index in [1.807, 2.05) is 0 Å². The van der Waals surface area contributed by atoms with Gasteiger partial charge in [-0.2, -0.15) is 0 Å². The van der Waals surface area contributed by atoms with Gasteiger partial charge in [0.1, 0.15) is 48.8 Å². The van der Waals surface area contributed by atoms with Gasteiger partial charge in [-0.1, -0.05) is 0 Å². The van der Waals surface area contributed by atoms with Gasteiger partial charge in [-0.05, 0) is 0 Å². The molecule has 0 aliphatic carbocycles. The van der Waals surface area contributed by atoms with Crippen LogP contribution in [0.2, 0.25) is 0 Å². The smallest absolute Gasteiger partial charge is 0.187 e. The zero-order valence-electron chi connectivity index (χ0n) is 12.0. The van der Waals surface area contributed by atoms with Crippen LogP contribution in [0.3, 0.4) is 0 Å². The molecular formula is C12H22O11. The fourth-order valence-electron chi connectivity index (χ4n) is 2.57.